The number of carbonyl (C=O) groups excluding carboxylic acids is 1. The molecule has 1 unspecified atom stereocenters. The van der Waals surface area contributed by atoms with Crippen LogP contribution in [-0.2, 0) is 4.79 Å². The van der Waals surface area contributed by atoms with Crippen molar-refractivity contribution in [3.63, 3.8) is 0 Å². The molecule has 0 aromatic heterocycles. The number of amides is 1. The van der Waals surface area contributed by atoms with E-state index in [9.17, 15) is 4.79 Å². The van der Waals surface area contributed by atoms with E-state index in [2.05, 4.69) is 5.32 Å². The Morgan fingerprint density at radius 2 is 2.00 bits per heavy atom. The Morgan fingerprint density at radius 1 is 1.35 bits per heavy atom. The standard InChI is InChI=1S/C14H22N2O/c1-3-12(5-4-10-15)14(17)16-13-8-6-11(2)7-9-13/h6-9,12H,3-5,10,15H2,1-2H3,(H,16,17). The van der Waals surface area contributed by atoms with Crippen molar-refractivity contribution in [3.05, 3.63) is 29.8 Å². The van der Waals surface area contributed by atoms with Crippen LogP contribution in [0.2, 0.25) is 0 Å². The highest BCUT2D eigenvalue weighted by Crippen LogP contribution is 2.15. The third-order valence-electron chi connectivity index (χ3n) is 2.94. The first-order valence-electron chi connectivity index (χ1n) is 6.25. The van der Waals surface area contributed by atoms with E-state index >= 15 is 0 Å². The minimum Gasteiger partial charge on any atom is -0.330 e. The normalized spacial score (nSPS) is 12.2. The van der Waals surface area contributed by atoms with Gasteiger partial charge in [0.2, 0.25) is 5.91 Å². The average molecular weight is 234 g/mol. The molecular formula is C14H22N2O. The SMILES string of the molecule is CCC(CCCN)C(=O)Nc1ccc(C)cc1. The van der Waals surface area contributed by atoms with Crippen molar-refractivity contribution in [1.82, 2.24) is 0 Å². The summed E-state index contributed by atoms with van der Waals surface area (Å²) >= 11 is 0. The molecule has 3 N–H and O–H groups in total. The second kappa shape index (κ2) is 7.07. The lowest BCUT2D eigenvalue weighted by molar-refractivity contribution is -0.120. The number of hydrogen-bond donors (Lipinski definition) is 2. The van der Waals surface area contributed by atoms with Gasteiger partial charge in [0.25, 0.3) is 0 Å². The zero-order chi connectivity index (χ0) is 12.7. The van der Waals surface area contributed by atoms with Crippen LogP contribution in [0.25, 0.3) is 0 Å². The molecule has 1 atom stereocenters. The number of rotatable bonds is 6. The molecule has 0 radical (unpaired) electrons. The van der Waals surface area contributed by atoms with Gasteiger partial charge in [-0.25, -0.2) is 0 Å². The predicted molar refractivity (Wildman–Crippen MR) is 71.9 cm³/mol. The van der Waals surface area contributed by atoms with E-state index < -0.39 is 0 Å². The molecule has 1 aromatic rings. The Morgan fingerprint density at radius 3 is 2.53 bits per heavy atom. The average Bonchev–Trinajstić information content (AvgIpc) is 2.33. The highest BCUT2D eigenvalue weighted by atomic mass is 16.1. The molecule has 0 spiro atoms. The minimum absolute atomic E-state index is 0.0693. The third kappa shape index (κ3) is 4.57. The molecule has 3 heteroatoms. The molecule has 0 bridgehead atoms. The van der Waals surface area contributed by atoms with Gasteiger partial charge in [-0.1, -0.05) is 24.6 Å². The summed E-state index contributed by atoms with van der Waals surface area (Å²) in [4.78, 5) is 12.0. The number of anilines is 1. The fourth-order valence-corrected chi connectivity index (χ4v) is 1.77. The largest absolute Gasteiger partial charge is 0.330 e. The van der Waals surface area contributed by atoms with Crippen molar-refractivity contribution in [1.29, 1.82) is 0 Å². The molecule has 0 aliphatic rings. The van der Waals surface area contributed by atoms with Crippen LogP contribution in [0.4, 0.5) is 5.69 Å². The molecule has 17 heavy (non-hydrogen) atoms. The third-order valence-corrected chi connectivity index (χ3v) is 2.94. The van der Waals surface area contributed by atoms with Crippen molar-refractivity contribution in [2.75, 3.05) is 11.9 Å². The molecule has 0 heterocycles. The van der Waals surface area contributed by atoms with Gasteiger partial charge in [-0.05, 0) is 44.9 Å². The van der Waals surface area contributed by atoms with Crippen LogP contribution < -0.4 is 11.1 Å². The fourth-order valence-electron chi connectivity index (χ4n) is 1.77. The summed E-state index contributed by atoms with van der Waals surface area (Å²) in [6.07, 6.45) is 2.63. The van der Waals surface area contributed by atoms with Gasteiger partial charge in [-0.15, -0.1) is 0 Å². The van der Waals surface area contributed by atoms with Gasteiger partial charge in [-0.2, -0.15) is 0 Å². The molecule has 1 aromatic carbocycles. The van der Waals surface area contributed by atoms with Gasteiger partial charge in [0.15, 0.2) is 0 Å². The van der Waals surface area contributed by atoms with E-state index in [1.54, 1.807) is 0 Å². The summed E-state index contributed by atoms with van der Waals surface area (Å²) in [6.45, 7) is 4.71. The van der Waals surface area contributed by atoms with E-state index in [4.69, 9.17) is 5.73 Å². The summed E-state index contributed by atoms with van der Waals surface area (Å²) in [5.41, 5.74) is 7.53. The zero-order valence-corrected chi connectivity index (χ0v) is 10.7. The van der Waals surface area contributed by atoms with E-state index in [0.29, 0.717) is 6.54 Å². The van der Waals surface area contributed by atoms with Crippen molar-refractivity contribution in [3.8, 4) is 0 Å². The molecule has 0 aliphatic carbocycles. The highest BCUT2D eigenvalue weighted by Gasteiger charge is 2.15. The minimum atomic E-state index is 0.0693. The summed E-state index contributed by atoms with van der Waals surface area (Å²) in [5, 5.41) is 2.95. The number of nitrogens with one attached hydrogen (secondary N) is 1. The number of carbonyl (C=O) groups is 1. The van der Waals surface area contributed by atoms with Gasteiger partial charge in [0.05, 0.1) is 0 Å². The summed E-state index contributed by atoms with van der Waals surface area (Å²) in [5.74, 6) is 0.171. The number of nitrogens with two attached hydrogens (primary N) is 1. The first-order valence-corrected chi connectivity index (χ1v) is 6.25. The van der Waals surface area contributed by atoms with Crippen LogP contribution in [0.5, 0.6) is 0 Å². The van der Waals surface area contributed by atoms with Crippen LogP contribution in [0.15, 0.2) is 24.3 Å². The second-order valence-corrected chi connectivity index (χ2v) is 4.39. The topological polar surface area (TPSA) is 55.1 Å². The van der Waals surface area contributed by atoms with E-state index in [1.165, 1.54) is 5.56 Å². The van der Waals surface area contributed by atoms with E-state index in [1.807, 2.05) is 38.1 Å². The van der Waals surface area contributed by atoms with Crippen LogP contribution in [0.3, 0.4) is 0 Å². The number of hydrogen-bond acceptors (Lipinski definition) is 2. The lowest BCUT2D eigenvalue weighted by Gasteiger charge is -2.14. The summed E-state index contributed by atoms with van der Waals surface area (Å²) < 4.78 is 0. The highest BCUT2D eigenvalue weighted by molar-refractivity contribution is 5.92. The molecule has 1 rings (SSSR count). The lowest BCUT2D eigenvalue weighted by atomic mass is 9.99. The van der Waals surface area contributed by atoms with E-state index in [0.717, 1.165) is 24.9 Å². The number of benzene rings is 1. The number of aryl methyl sites for hydroxylation is 1. The zero-order valence-electron chi connectivity index (χ0n) is 10.7. The van der Waals surface area contributed by atoms with Crippen molar-refractivity contribution < 1.29 is 4.79 Å². The maximum atomic E-state index is 12.0. The Bertz CT molecular complexity index is 346. The molecule has 1 amide bonds. The van der Waals surface area contributed by atoms with Gasteiger partial charge >= 0.3 is 0 Å². The molecule has 3 nitrogen and oxygen atoms in total. The Kier molecular flexibility index (Phi) is 5.70. The molecule has 0 saturated heterocycles. The Balaban J connectivity index is 2.54. The lowest BCUT2D eigenvalue weighted by Crippen LogP contribution is -2.23. The Labute approximate surface area is 103 Å². The fraction of sp³-hybridized carbons (Fsp3) is 0.500. The van der Waals surface area contributed by atoms with E-state index in [-0.39, 0.29) is 11.8 Å². The molecule has 94 valence electrons. The van der Waals surface area contributed by atoms with Crippen LogP contribution in [0.1, 0.15) is 31.7 Å². The van der Waals surface area contributed by atoms with Crippen molar-refractivity contribution in [2.45, 2.75) is 33.1 Å². The van der Waals surface area contributed by atoms with Crippen LogP contribution in [0, 0.1) is 12.8 Å². The molecule has 0 saturated carbocycles. The van der Waals surface area contributed by atoms with Gasteiger partial charge in [0.1, 0.15) is 0 Å². The molecular weight excluding hydrogens is 212 g/mol. The second-order valence-electron chi connectivity index (χ2n) is 4.39. The predicted octanol–water partition coefficient (Wildman–Crippen LogP) is 2.70. The smallest absolute Gasteiger partial charge is 0.227 e. The van der Waals surface area contributed by atoms with Crippen LogP contribution >= 0.6 is 0 Å². The Hall–Kier alpha value is -1.35. The molecule has 0 aliphatic heterocycles. The summed E-state index contributed by atoms with van der Waals surface area (Å²) in [7, 11) is 0. The summed E-state index contributed by atoms with van der Waals surface area (Å²) in [6, 6.07) is 7.86. The van der Waals surface area contributed by atoms with Crippen molar-refractivity contribution >= 4 is 11.6 Å². The van der Waals surface area contributed by atoms with Gasteiger partial charge < -0.3 is 11.1 Å². The first kappa shape index (κ1) is 13.7. The van der Waals surface area contributed by atoms with Gasteiger partial charge in [0, 0.05) is 11.6 Å². The first-order chi connectivity index (χ1) is 8.17. The van der Waals surface area contributed by atoms with Crippen molar-refractivity contribution in [2.24, 2.45) is 11.7 Å². The molecule has 0 fully saturated rings. The quantitative estimate of drug-likeness (QED) is 0.795. The maximum Gasteiger partial charge on any atom is 0.227 e. The van der Waals surface area contributed by atoms with Crippen LogP contribution in [-0.4, -0.2) is 12.5 Å². The van der Waals surface area contributed by atoms with Gasteiger partial charge in [-0.3, -0.25) is 4.79 Å². The maximum absolute atomic E-state index is 12.0. The monoisotopic (exact) mass is 234 g/mol.